The Morgan fingerprint density at radius 2 is 1.63 bits per heavy atom. The van der Waals surface area contributed by atoms with Gasteiger partial charge in [0.25, 0.3) is 0 Å². The predicted octanol–water partition coefficient (Wildman–Crippen LogP) is 6.99. The van der Waals surface area contributed by atoms with Crippen LogP contribution in [-0.4, -0.2) is 11.6 Å². The number of hydrogen-bond donors (Lipinski definition) is 0. The van der Waals surface area contributed by atoms with Crippen molar-refractivity contribution in [3.63, 3.8) is 0 Å². The number of ketones is 2. The smallest absolute Gasteiger partial charge is 0.197 e. The number of halogens is 2. The molecule has 0 saturated heterocycles. The average molecular weight is 431 g/mol. The van der Waals surface area contributed by atoms with Crippen LogP contribution in [0.4, 0.5) is 0 Å². The summed E-state index contributed by atoms with van der Waals surface area (Å²) in [7, 11) is 0. The van der Waals surface area contributed by atoms with E-state index in [9.17, 15) is 9.59 Å². The van der Waals surface area contributed by atoms with E-state index in [1.807, 2.05) is 23.6 Å². The third kappa shape index (κ3) is 2.70. The van der Waals surface area contributed by atoms with E-state index in [1.165, 1.54) is 23.1 Å². The van der Waals surface area contributed by atoms with Gasteiger partial charge in [-0.25, -0.2) is 0 Å². The highest BCUT2D eigenvalue weighted by molar-refractivity contribution is 7.25. The second-order valence-corrected chi connectivity index (χ2v) is 8.84. The Bertz CT molecular complexity index is 1200. The molecule has 132 valence electrons. The van der Waals surface area contributed by atoms with Gasteiger partial charge in [-0.2, -0.15) is 0 Å². The van der Waals surface area contributed by atoms with E-state index in [0.717, 1.165) is 15.2 Å². The first kappa shape index (κ1) is 17.0. The lowest BCUT2D eigenvalue weighted by molar-refractivity contribution is 0.0990. The minimum Gasteiger partial charge on any atom is -0.456 e. The Morgan fingerprint density at radius 1 is 0.926 bits per heavy atom. The van der Waals surface area contributed by atoms with Gasteiger partial charge in [0.1, 0.15) is 11.3 Å². The van der Waals surface area contributed by atoms with Gasteiger partial charge in [0.2, 0.25) is 0 Å². The number of Topliss-reactive ketones (excluding diaryl/α,β-unsaturated/α-hetero) is 2. The SMILES string of the molecule is O=C1C(=Cc2cc3sc(-c4cccs4)cc3o2)C(=O)c2cc(Cl)c(Cl)cc21. The monoisotopic (exact) mass is 430 g/mol. The Balaban J connectivity index is 1.54. The molecule has 3 heterocycles. The van der Waals surface area contributed by atoms with Crippen LogP contribution in [-0.2, 0) is 0 Å². The molecule has 1 aromatic carbocycles. The van der Waals surface area contributed by atoms with Gasteiger partial charge in [-0.1, -0.05) is 29.3 Å². The number of carbonyl (C=O) groups is 2. The average Bonchev–Trinajstić information content (AvgIpc) is 3.38. The van der Waals surface area contributed by atoms with Crippen LogP contribution < -0.4 is 0 Å². The summed E-state index contributed by atoms with van der Waals surface area (Å²) in [5.41, 5.74) is 1.34. The Labute approximate surface area is 171 Å². The highest BCUT2D eigenvalue weighted by atomic mass is 35.5. The van der Waals surface area contributed by atoms with Crippen molar-refractivity contribution in [1.29, 1.82) is 0 Å². The molecule has 27 heavy (non-hydrogen) atoms. The number of furan rings is 1. The fraction of sp³-hybridized carbons (Fsp3) is 0. The summed E-state index contributed by atoms with van der Waals surface area (Å²) in [4.78, 5) is 27.5. The molecule has 3 nitrogen and oxygen atoms in total. The van der Waals surface area contributed by atoms with Crippen molar-refractivity contribution in [2.75, 3.05) is 0 Å². The lowest BCUT2D eigenvalue weighted by Crippen LogP contribution is -1.99. The highest BCUT2D eigenvalue weighted by Crippen LogP contribution is 2.39. The molecular weight excluding hydrogens is 423 g/mol. The Kier molecular flexibility index (Phi) is 3.88. The first-order valence-electron chi connectivity index (χ1n) is 7.88. The zero-order chi connectivity index (χ0) is 18.7. The number of carbonyl (C=O) groups excluding carboxylic acids is 2. The number of benzene rings is 1. The van der Waals surface area contributed by atoms with Crippen molar-refractivity contribution in [3.8, 4) is 9.75 Å². The Morgan fingerprint density at radius 3 is 2.22 bits per heavy atom. The van der Waals surface area contributed by atoms with Crippen molar-refractivity contribution in [2.45, 2.75) is 0 Å². The molecule has 0 radical (unpaired) electrons. The molecule has 0 spiro atoms. The third-order valence-corrected chi connectivity index (χ3v) is 7.17. The molecule has 3 aromatic heterocycles. The molecular formula is C20H8Cl2O3S2. The maximum absolute atomic E-state index is 12.6. The topological polar surface area (TPSA) is 47.3 Å². The second-order valence-electron chi connectivity index (χ2n) is 5.99. The molecule has 1 aliphatic carbocycles. The van der Waals surface area contributed by atoms with Crippen molar-refractivity contribution >= 4 is 73.8 Å². The van der Waals surface area contributed by atoms with Crippen LogP contribution in [0.15, 0.2) is 51.8 Å². The van der Waals surface area contributed by atoms with Crippen LogP contribution in [0.25, 0.3) is 26.1 Å². The first-order chi connectivity index (χ1) is 13.0. The number of rotatable bonds is 2. The minimum absolute atomic E-state index is 0.0585. The maximum Gasteiger partial charge on any atom is 0.197 e. The van der Waals surface area contributed by atoms with E-state index in [2.05, 4.69) is 6.07 Å². The quantitative estimate of drug-likeness (QED) is 0.254. The van der Waals surface area contributed by atoms with Gasteiger partial charge in [-0.15, -0.1) is 22.7 Å². The van der Waals surface area contributed by atoms with Gasteiger partial charge >= 0.3 is 0 Å². The summed E-state index contributed by atoms with van der Waals surface area (Å²) in [6.45, 7) is 0. The standard InChI is InChI=1S/C20H8Cl2O3S2/c21-13-6-10-11(7-14(13)22)20(24)12(19(10)23)4-9-5-17-15(25-9)8-18(27-17)16-2-1-3-26-16/h1-8H. The molecule has 0 amide bonds. The van der Waals surface area contributed by atoms with E-state index in [-0.39, 0.29) is 38.3 Å². The van der Waals surface area contributed by atoms with Gasteiger partial charge in [-0.3, -0.25) is 9.59 Å². The summed E-state index contributed by atoms with van der Waals surface area (Å²) in [5.74, 6) is -0.268. The molecule has 0 unspecified atom stereocenters. The van der Waals surface area contributed by atoms with Crippen LogP contribution in [0.2, 0.25) is 10.0 Å². The van der Waals surface area contributed by atoms with Crippen molar-refractivity contribution < 1.29 is 14.0 Å². The molecule has 0 saturated carbocycles. The van der Waals surface area contributed by atoms with Crippen molar-refractivity contribution in [2.24, 2.45) is 0 Å². The largest absolute Gasteiger partial charge is 0.456 e. The van der Waals surface area contributed by atoms with Gasteiger partial charge < -0.3 is 4.42 Å². The van der Waals surface area contributed by atoms with Gasteiger partial charge in [0.05, 0.1) is 20.3 Å². The molecule has 0 bridgehead atoms. The van der Waals surface area contributed by atoms with Gasteiger partial charge in [0.15, 0.2) is 11.6 Å². The molecule has 0 N–H and O–H groups in total. The fourth-order valence-electron chi connectivity index (χ4n) is 3.05. The summed E-state index contributed by atoms with van der Waals surface area (Å²) in [5, 5.41) is 2.52. The van der Waals surface area contributed by atoms with Gasteiger partial charge in [0, 0.05) is 33.0 Å². The summed E-state index contributed by atoms with van der Waals surface area (Å²) in [6.07, 6.45) is 1.49. The zero-order valence-electron chi connectivity index (χ0n) is 13.4. The third-order valence-electron chi connectivity index (χ3n) is 4.32. The lowest BCUT2D eigenvalue weighted by atomic mass is 10.1. The molecule has 0 aliphatic heterocycles. The number of fused-ring (bicyclic) bond motifs is 2. The van der Waals surface area contributed by atoms with E-state index in [0.29, 0.717) is 5.76 Å². The molecule has 4 aromatic rings. The van der Waals surface area contributed by atoms with Gasteiger partial charge in [-0.05, 0) is 29.7 Å². The Hall–Kier alpha value is -2.18. The number of allylic oxidation sites excluding steroid dienone is 1. The molecule has 7 heteroatoms. The normalized spacial score (nSPS) is 13.6. The van der Waals surface area contributed by atoms with Crippen molar-refractivity contribution in [1.82, 2.24) is 0 Å². The van der Waals surface area contributed by atoms with E-state index >= 15 is 0 Å². The van der Waals surface area contributed by atoms with Crippen LogP contribution >= 0.6 is 45.9 Å². The zero-order valence-corrected chi connectivity index (χ0v) is 16.6. The second kappa shape index (κ2) is 6.17. The van der Waals surface area contributed by atoms with Crippen molar-refractivity contribution in [3.05, 3.63) is 74.3 Å². The number of thiophene rings is 2. The highest BCUT2D eigenvalue weighted by Gasteiger charge is 2.34. The molecule has 1 aliphatic rings. The summed E-state index contributed by atoms with van der Waals surface area (Å²) in [6, 6.07) is 10.8. The first-order valence-corrected chi connectivity index (χ1v) is 10.3. The molecule has 0 atom stereocenters. The maximum atomic E-state index is 12.6. The minimum atomic E-state index is -0.368. The van der Waals surface area contributed by atoms with E-state index in [4.69, 9.17) is 27.6 Å². The fourth-order valence-corrected chi connectivity index (χ4v) is 5.24. The van der Waals surface area contributed by atoms with Crippen LogP contribution in [0.3, 0.4) is 0 Å². The van der Waals surface area contributed by atoms with Crippen LogP contribution in [0.5, 0.6) is 0 Å². The number of hydrogen-bond acceptors (Lipinski definition) is 5. The predicted molar refractivity (Wildman–Crippen MR) is 111 cm³/mol. The molecule has 5 rings (SSSR count). The molecule has 0 fully saturated rings. The summed E-state index contributed by atoms with van der Waals surface area (Å²) >= 11 is 15.2. The summed E-state index contributed by atoms with van der Waals surface area (Å²) < 4.78 is 6.80. The van der Waals surface area contributed by atoms with E-state index < -0.39 is 0 Å². The van der Waals surface area contributed by atoms with Crippen LogP contribution in [0.1, 0.15) is 26.5 Å². The van der Waals surface area contributed by atoms with Crippen LogP contribution in [0, 0.1) is 0 Å². The van der Waals surface area contributed by atoms with E-state index in [1.54, 1.807) is 22.7 Å². The lowest BCUT2D eigenvalue weighted by Gasteiger charge is -1.98.